The summed E-state index contributed by atoms with van der Waals surface area (Å²) in [4.78, 5) is 18.2. The van der Waals surface area contributed by atoms with Gasteiger partial charge in [0.25, 0.3) is 0 Å². The zero-order chi connectivity index (χ0) is 15.8. The molecule has 114 valence electrons. The highest BCUT2D eigenvalue weighted by Gasteiger charge is 2.24. The number of aromatic amines is 2. The lowest BCUT2D eigenvalue weighted by Gasteiger charge is -2.18. The Balaban J connectivity index is 1.81. The second kappa shape index (κ2) is 4.99. The van der Waals surface area contributed by atoms with Gasteiger partial charge < -0.3 is 9.72 Å². The van der Waals surface area contributed by atoms with Gasteiger partial charge in [0.1, 0.15) is 23.3 Å². The fourth-order valence-electron chi connectivity index (χ4n) is 2.63. The van der Waals surface area contributed by atoms with Gasteiger partial charge in [-0.05, 0) is 30.3 Å². The zero-order valence-corrected chi connectivity index (χ0v) is 11.9. The van der Waals surface area contributed by atoms with Crippen molar-refractivity contribution in [3.05, 3.63) is 47.0 Å². The maximum atomic E-state index is 12.4. The van der Waals surface area contributed by atoms with Crippen LogP contribution in [0.3, 0.4) is 0 Å². The third-order valence-electron chi connectivity index (χ3n) is 3.61. The zero-order valence-electron chi connectivity index (χ0n) is 11.9. The van der Waals surface area contributed by atoms with Gasteiger partial charge in [-0.15, -0.1) is 0 Å². The number of imidazole rings is 1. The van der Waals surface area contributed by atoms with Gasteiger partial charge in [0.15, 0.2) is 12.4 Å². The summed E-state index contributed by atoms with van der Waals surface area (Å²) >= 11 is 0. The summed E-state index contributed by atoms with van der Waals surface area (Å²) in [6, 6.07) is 10.8. The largest absolute Gasteiger partial charge is 0.479 e. The van der Waals surface area contributed by atoms with E-state index in [-0.39, 0.29) is 12.3 Å². The van der Waals surface area contributed by atoms with Crippen molar-refractivity contribution in [2.75, 3.05) is 17.5 Å². The van der Waals surface area contributed by atoms with E-state index in [1.165, 1.54) is 0 Å². The Bertz CT molecular complexity index is 957. The number of fused-ring (bicyclic) bond motifs is 3. The minimum Gasteiger partial charge on any atom is -0.479 e. The first-order valence-corrected chi connectivity index (χ1v) is 6.93. The van der Waals surface area contributed by atoms with Gasteiger partial charge in [0, 0.05) is 11.8 Å². The van der Waals surface area contributed by atoms with Crippen molar-refractivity contribution in [3.63, 3.8) is 0 Å². The summed E-state index contributed by atoms with van der Waals surface area (Å²) in [5, 5.41) is 8.53. The van der Waals surface area contributed by atoms with E-state index in [0.29, 0.717) is 17.3 Å². The molecule has 0 bridgehead atoms. The van der Waals surface area contributed by atoms with Crippen molar-refractivity contribution in [3.8, 4) is 28.8 Å². The Morgan fingerprint density at radius 2 is 1.91 bits per heavy atom. The van der Waals surface area contributed by atoms with Crippen LogP contribution in [0.15, 0.2) is 41.3 Å². The molecule has 3 heterocycles. The SMILES string of the molecule is N#CCOc1ccc(-n2c3c([nH]c2=O)NNc2[nH]ccc2-3)cc1. The van der Waals surface area contributed by atoms with E-state index in [9.17, 15) is 4.79 Å². The number of hydrazine groups is 1. The third-order valence-corrected chi connectivity index (χ3v) is 3.61. The Labute approximate surface area is 130 Å². The van der Waals surface area contributed by atoms with Crippen molar-refractivity contribution >= 4 is 11.6 Å². The number of aromatic nitrogens is 3. The predicted molar refractivity (Wildman–Crippen MR) is 84.5 cm³/mol. The number of hydrogen-bond donors (Lipinski definition) is 4. The Morgan fingerprint density at radius 1 is 1.13 bits per heavy atom. The highest BCUT2D eigenvalue weighted by Crippen LogP contribution is 2.36. The van der Waals surface area contributed by atoms with Crippen LogP contribution < -0.4 is 21.3 Å². The van der Waals surface area contributed by atoms with Crippen LogP contribution in [0.5, 0.6) is 5.75 Å². The minimum absolute atomic E-state index is 0.0128. The molecule has 0 fully saturated rings. The molecule has 1 aromatic carbocycles. The number of nitrogens with one attached hydrogen (secondary N) is 4. The lowest BCUT2D eigenvalue weighted by Crippen LogP contribution is -2.16. The van der Waals surface area contributed by atoms with E-state index in [2.05, 4.69) is 20.8 Å². The molecule has 4 N–H and O–H groups in total. The first-order chi connectivity index (χ1) is 11.3. The van der Waals surface area contributed by atoms with E-state index in [0.717, 1.165) is 17.1 Å². The number of anilines is 2. The van der Waals surface area contributed by atoms with Crippen LogP contribution in [0.4, 0.5) is 11.6 Å². The number of hydrogen-bond acceptors (Lipinski definition) is 5. The number of benzene rings is 1. The maximum absolute atomic E-state index is 12.4. The second-order valence-corrected chi connectivity index (χ2v) is 4.95. The number of nitrogens with zero attached hydrogens (tertiary/aromatic N) is 2. The Morgan fingerprint density at radius 3 is 2.70 bits per heavy atom. The summed E-state index contributed by atoms with van der Waals surface area (Å²) < 4.78 is 6.82. The first-order valence-electron chi connectivity index (χ1n) is 6.93. The van der Waals surface area contributed by atoms with Gasteiger partial charge in [0.05, 0.1) is 5.69 Å². The van der Waals surface area contributed by atoms with Crippen LogP contribution in [0, 0.1) is 11.3 Å². The molecule has 0 unspecified atom stereocenters. The summed E-state index contributed by atoms with van der Waals surface area (Å²) in [5.41, 5.74) is 8.03. The number of rotatable bonds is 3. The summed E-state index contributed by atoms with van der Waals surface area (Å²) in [6.07, 6.45) is 1.80. The third kappa shape index (κ3) is 2.03. The average molecular weight is 308 g/mol. The molecular weight excluding hydrogens is 296 g/mol. The standard InChI is InChI=1S/C15H12N6O2/c16-6-8-23-10-3-1-9(2-4-10)21-12-11-5-7-17-13(11)19-20-14(12)18-15(21)22/h1-5,7,17,19-20H,8H2,(H,18,22). The van der Waals surface area contributed by atoms with Crippen molar-refractivity contribution in [1.29, 1.82) is 5.26 Å². The molecule has 1 aliphatic heterocycles. The van der Waals surface area contributed by atoms with Crippen LogP contribution in [0.1, 0.15) is 0 Å². The first kappa shape index (κ1) is 13.1. The van der Waals surface area contributed by atoms with Gasteiger partial charge in [-0.25, -0.2) is 4.79 Å². The molecule has 0 aliphatic carbocycles. The molecule has 3 aromatic rings. The molecule has 0 saturated heterocycles. The molecule has 23 heavy (non-hydrogen) atoms. The van der Waals surface area contributed by atoms with Crippen LogP contribution in [0.25, 0.3) is 16.9 Å². The number of ether oxygens (including phenoxy) is 1. The quantitative estimate of drug-likeness (QED) is 0.590. The topological polar surface area (TPSA) is 111 Å². The molecular formula is C15H12N6O2. The molecule has 0 saturated carbocycles. The van der Waals surface area contributed by atoms with Crippen LogP contribution in [0.2, 0.25) is 0 Å². The number of nitriles is 1. The molecule has 1 aliphatic rings. The van der Waals surface area contributed by atoms with Crippen molar-refractivity contribution in [1.82, 2.24) is 14.5 Å². The predicted octanol–water partition coefficient (Wildman–Crippen LogP) is 1.82. The highest BCUT2D eigenvalue weighted by atomic mass is 16.5. The average Bonchev–Trinajstić information content (AvgIpc) is 3.16. The molecule has 0 atom stereocenters. The van der Waals surface area contributed by atoms with Crippen LogP contribution in [-0.4, -0.2) is 21.1 Å². The smallest absolute Gasteiger partial charge is 0.332 e. The molecule has 4 rings (SSSR count). The summed E-state index contributed by atoms with van der Waals surface area (Å²) in [5.74, 6) is 1.97. The van der Waals surface area contributed by atoms with Crippen LogP contribution >= 0.6 is 0 Å². The molecule has 0 spiro atoms. The van der Waals surface area contributed by atoms with Gasteiger partial charge in [0.2, 0.25) is 0 Å². The molecule has 8 nitrogen and oxygen atoms in total. The fraction of sp³-hybridized carbons (Fsp3) is 0.0667. The lowest BCUT2D eigenvalue weighted by molar-refractivity contribution is 0.368. The van der Waals surface area contributed by atoms with Crippen molar-refractivity contribution in [2.24, 2.45) is 0 Å². The summed E-state index contributed by atoms with van der Waals surface area (Å²) in [6.45, 7) is -0.0128. The van der Waals surface area contributed by atoms with Crippen molar-refractivity contribution in [2.45, 2.75) is 0 Å². The van der Waals surface area contributed by atoms with E-state index in [4.69, 9.17) is 10.00 Å². The molecule has 0 amide bonds. The molecule has 8 heteroatoms. The maximum Gasteiger partial charge on any atom is 0.332 e. The van der Waals surface area contributed by atoms with Crippen LogP contribution in [-0.2, 0) is 0 Å². The lowest BCUT2D eigenvalue weighted by atomic mass is 10.2. The van der Waals surface area contributed by atoms with Crippen molar-refractivity contribution < 1.29 is 4.74 Å². The van der Waals surface area contributed by atoms with Gasteiger partial charge in [-0.2, -0.15) is 5.26 Å². The normalized spacial score (nSPS) is 11.6. The van der Waals surface area contributed by atoms with E-state index in [1.54, 1.807) is 35.0 Å². The van der Waals surface area contributed by atoms with E-state index >= 15 is 0 Å². The Kier molecular flexibility index (Phi) is 2.84. The summed E-state index contributed by atoms with van der Waals surface area (Å²) in [7, 11) is 0. The van der Waals surface area contributed by atoms with Gasteiger partial charge in [-0.1, -0.05) is 0 Å². The van der Waals surface area contributed by atoms with Gasteiger partial charge in [-0.3, -0.25) is 20.4 Å². The Hall–Kier alpha value is -3.60. The highest BCUT2D eigenvalue weighted by molar-refractivity contribution is 5.86. The monoisotopic (exact) mass is 308 g/mol. The van der Waals surface area contributed by atoms with E-state index in [1.807, 2.05) is 12.1 Å². The second-order valence-electron chi connectivity index (χ2n) is 4.95. The van der Waals surface area contributed by atoms with Gasteiger partial charge >= 0.3 is 5.69 Å². The van der Waals surface area contributed by atoms with E-state index < -0.39 is 0 Å². The fourth-order valence-corrected chi connectivity index (χ4v) is 2.63. The molecule has 2 aromatic heterocycles. The molecule has 0 radical (unpaired) electrons. The number of H-pyrrole nitrogens is 2. The minimum atomic E-state index is -0.246.